The zero-order valence-electron chi connectivity index (χ0n) is 17.3. The van der Waals surface area contributed by atoms with Gasteiger partial charge in [0.1, 0.15) is 21.5 Å². The van der Waals surface area contributed by atoms with E-state index in [9.17, 15) is 9.59 Å². The summed E-state index contributed by atoms with van der Waals surface area (Å²) in [5.74, 6) is 0.931. The van der Waals surface area contributed by atoms with Crippen molar-refractivity contribution in [3.8, 4) is 0 Å². The molecular weight excluding hydrogens is 432 g/mol. The lowest BCUT2D eigenvalue weighted by Gasteiger charge is -2.13. The Morgan fingerprint density at radius 3 is 2.87 bits per heavy atom. The van der Waals surface area contributed by atoms with E-state index in [1.54, 1.807) is 35.6 Å². The van der Waals surface area contributed by atoms with Crippen LogP contribution >= 0.6 is 24.0 Å². The van der Waals surface area contributed by atoms with Crippen LogP contribution in [0.5, 0.6) is 0 Å². The summed E-state index contributed by atoms with van der Waals surface area (Å²) in [4.78, 5) is 32.9. The van der Waals surface area contributed by atoms with Gasteiger partial charge in [-0.2, -0.15) is 0 Å². The van der Waals surface area contributed by atoms with E-state index in [0.29, 0.717) is 45.1 Å². The monoisotopic (exact) mass is 454 g/mol. The number of carbonyl (C=O) groups is 1. The molecule has 0 spiro atoms. The lowest BCUT2D eigenvalue weighted by molar-refractivity contribution is -0.122. The van der Waals surface area contributed by atoms with E-state index in [1.165, 1.54) is 16.2 Å². The molecule has 4 rings (SSSR count). The smallest absolute Gasteiger partial charge is 0.267 e. The molecule has 0 unspecified atom stereocenters. The SMILES string of the molecule is CCCCN1C(=O)/C(=C/c2c(NCc3ccco3)nc3ccc(C)cn3c2=O)SC1=S. The molecule has 9 heteroatoms. The highest BCUT2D eigenvalue weighted by Crippen LogP contribution is 2.33. The molecule has 0 atom stereocenters. The predicted octanol–water partition coefficient (Wildman–Crippen LogP) is 4.21. The van der Waals surface area contributed by atoms with Gasteiger partial charge >= 0.3 is 0 Å². The molecular formula is C22H22N4O3S2. The van der Waals surface area contributed by atoms with Crippen LogP contribution in [-0.2, 0) is 11.3 Å². The Bertz CT molecular complexity index is 1230. The fourth-order valence-electron chi connectivity index (χ4n) is 3.25. The number of pyridine rings is 1. The number of rotatable bonds is 7. The molecule has 1 amide bonds. The van der Waals surface area contributed by atoms with E-state index in [2.05, 4.69) is 17.2 Å². The molecule has 0 bridgehead atoms. The standard InChI is InChI=1S/C22H22N4O3S2/c1-3-4-9-25-21(28)17(31-22(25)30)11-16-19(23-12-15-6-5-10-29-15)24-18-8-7-14(2)13-26(18)20(16)27/h5-8,10-11,13,23H,3-4,9,12H2,1-2H3/b17-11-. The summed E-state index contributed by atoms with van der Waals surface area (Å²) in [6.07, 6.45) is 6.76. The highest BCUT2D eigenvalue weighted by Gasteiger charge is 2.32. The molecule has 0 radical (unpaired) electrons. The number of thioether (sulfide) groups is 1. The van der Waals surface area contributed by atoms with E-state index in [1.807, 2.05) is 19.1 Å². The van der Waals surface area contributed by atoms with E-state index in [-0.39, 0.29) is 11.5 Å². The van der Waals surface area contributed by atoms with Crippen LogP contribution in [0.3, 0.4) is 0 Å². The van der Waals surface area contributed by atoms with Crippen molar-refractivity contribution in [2.24, 2.45) is 0 Å². The fourth-order valence-corrected chi connectivity index (χ4v) is 4.54. The minimum atomic E-state index is -0.255. The Hall–Kier alpha value is -2.91. The molecule has 0 aliphatic carbocycles. The summed E-state index contributed by atoms with van der Waals surface area (Å²) < 4.78 is 7.38. The summed E-state index contributed by atoms with van der Waals surface area (Å²) in [6.45, 7) is 4.91. The normalized spacial score (nSPS) is 15.4. The second-order valence-corrected chi connectivity index (χ2v) is 8.91. The van der Waals surface area contributed by atoms with Gasteiger partial charge < -0.3 is 9.73 Å². The predicted molar refractivity (Wildman–Crippen MR) is 127 cm³/mol. The number of furan rings is 1. The number of anilines is 1. The van der Waals surface area contributed by atoms with Gasteiger partial charge in [-0.25, -0.2) is 4.98 Å². The molecule has 1 saturated heterocycles. The van der Waals surface area contributed by atoms with Gasteiger partial charge in [-0.15, -0.1) is 0 Å². The van der Waals surface area contributed by atoms with Crippen LogP contribution in [-0.4, -0.2) is 31.1 Å². The van der Waals surface area contributed by atoms with Crippen molar-refractivity contribution < 1.29 is 9.21 Å². The molecule has 31 heavy (non-hydrogen) atoms. The average molecular weight is 455 g/mol. The van der Waals surface area contributed by atoms with Crippen molar-refractivity contribution in [3.05, 3.63) is 68.9 Å². The van der Waals surface area contributed by atoms with E-state index >= 15 is 0 Å². The number of hydrogen-bond acceptors (Lipinski definition) is 7. The van der Waals surface area contributed by atoms with Gasteiger partial charge in [-0.1, -0.05) is 43.4 Å². The molecule has 7 nitrogen and oxygen atoms in total. The van der Waals surface area contributed by atoms with E-state index in [4.69, 9.17) is 16.6 Å². The number of aryl methyl sites for hydroxylation is 1. The zero-order chi connectivity index (χ0) is 22.0. The largest absolute Gasteiger partial charge is 0.467 e. The molecule has 0 aromatic carbocycles. The van der Waals surface area contributed by atoms with Crippen LogP contribution in [0.25, 0.3) is 11.7 Å². The van der Waals surface area contributed by atoms with E-state index < -0.39 is 0 Å². The third-order valence-corrected chi connectivity index (χ3v) is 6.28. The Morgan fingerprint density at radius 1 is 1.29 bits per heavy atom. The van der Waals surface area contributed by atoms with Gasteiger partial charge in [-0.05, 0) is 43.2 Å². The highest BCUT2D eigenvalue weighted by atomic mass is 32.2. The first-order chi connectivity index (χ1) is 15.0. The first kappa shape index (κ1) is 21.3. The van der Waals surface area contributed by atoms with Crippen LogP contribution in [0.4, 0.5) is 5.82 Å². The Balaban J connectivity index is 1.77. The number of unbranched alkanes of at least 4 members (excludes halogenated alkanes) is 1. The summed E-state index contributed by atoms with van der Waals surface area (Å²) in [5, 5.41) is 3.18. The fraction of sp³-hybridized carbons (Fsp3) is 0.273. The second-order valence-electron chi connectivity index (χ2n) is 7.23. The van der Waals surface area contributed by atoms with Crippen molar-refractivity contribution in [2.75, 3.05) is 11.9 Å². The van der Waals surface area contributed by atoms with Gasteiger partial charge in [0.15, 0.2) is 0 Å². The molecule has 1 fully saturated rings. The topological polar surface area (TPSA) is 79.8 Å². The van der Waals surface area contributed by atoms with Gasteiger partial charge in [0, 0.05) is 12.7 Å². The number of amides is 1. The van der Waals surface area contributed by atoms with Crippen LogP contribution < -0.4 is 10.9 Å². The lowest BCUT2D eigenvalue weighted by Crippen LogP contribution is -2.29. The number of thiocarbonyl (C=S) groups is 1. The zero-order valence-corrected chi connectivity index (χ0v) is 18.9. The van der Waals surface area contributed by atoms with Gasteiger partial charge in [0.05, 0.1) is 23.3 Å². The summed E-state index contributed by atoms with van der Waals surface area (Å²) in [7, 11) is 0. The van der Waals surface area contributed by atoms with Crippen molar-refractivity contribution in [3.63, 3.8) is 0 Å². The maximum absolute atomic E-state index is 13.3. The lowest BCUT2D eigenvalue weighted by atomic mass is 10.2. The van der Waals surface area contributed by atoms with Gasteiger partial charge in [0.2, 0.25) is 0 Å². The molecule has 1 N–H and O–H groups in total. The first-order valence-electron chi connectivity index (χ1n) is 10.0. The summed E-state index contributed by atoms with van der Waals surface area (Å²) in [6, 6.07) is 7.33. The van der Waals surface area contributed by atoms with Crippen LogP contribution in [0.15, 0.2) is 50.8 Å². The number of carbonyl (C=O) groups excluding carboxylic acids is 1. The summed E-state index contributed by atoms with van der Waals surface area (Å²) in [5.41, 5.74) is 1.51. The minimum Gasteiger partial charge on any atom is -0.467 e. The Morgan fingerprint density at radius 2 is 2.13 bits per heavy atom. The van der Waals surface area contributed by atoms with Gasteiger partial charge in [-0.3, -0.25) is 18.9 Å². The van der Waals surface area contributed by atoms with Gasteiger partial charge in [0.25, 0.3) is 11.5 Å². The number of nitrogens with zero attached hydrogens (tertiary/aromatic N) is 3. The molecule has 4 heterocycles. The van der Waals surface area contributed by atoms with Crippen molar-refractivity contribution >= 4 is 51.7 Å². The second kappa shape index (κ2) is 9.07. The summed E-state index contributed by atoms with van der Waals surface area (Å²) >= 11 is 6.61. The molecule has 1 aliphatic heterocycles. The van der Waals surface area contributed by atoms with Crippen LogP contribution in [0.1, 0.15) is 36.7 Å². The van der Waals surface area contributed by atoms with E-state index in [0.717, 1.165) is 18.4 Å². The van der Waals surface area contributed by atoms with Crippen LogP contribution in [0, 0.1) is 6.92 Å². The van der Waals surface area contributed by atoms with Crippen molar-refractivity contribution in [1.82, 2.24) is 14.3 Å². The minimum absolute atomic E-state index is 0.172. The maximum Gasteiger partial charge on any atom is 0.267 e. The molecule has 3 aromatic heterocycles. The molecule has 3 aromatic rings. The third kappa shape index (κ3) is 4.42. The van der Waals surface area contributed by atoms with Crippen LogP contribution in [0.2, 0.25) is 0 Å². The van der Waals surface area contributed by atoms with Crippen molar-refractivity contribution in [1.29, 1.82) is 0 Å². The first-order valence-corrected chi connectivity index (χ1v) is 11.2. The quantitative estimate of drug-likeness (QED) is 0.423. The third-order valence-electron chi connectivity index (χ3n) is 4.90. The Labute approximate surface area is 189 Å². The molecule has 0 saturated carbocycles. The number of hydrogen-bond donors (Lipinski definition) is 1. The average Bonchev–Trinajstić information content (AvgIpc) is 3.36. The Kier molecular flexibility index (Phi) is 6.24. The molecule has 1 aliphatic rings. The number of nitrogens with one attached hydrogen (secondary N) is 1. The highest BCUT2D eigenvalue weighted by molar-refractivity contribution is 8.26. The number of fused-ring (bicyclic) bond motifs is 1. The van der Waals surface area contributed by atoms with Crippen molar-refractivity contribution in [2.45, 2.75) is 33.2 Å². The molecule has 160 valence electrons. The maximum atomic E-state index is 13.3. The number of aromatic nitrogens is 2.